The standard InChI is InChI=1S/C27H35N5O3S/c1-20(2)36(33,34)29-22-9-6-8-21(16-22)26-14-15-31(19-27(26)35-25-12-7-13-25)17-23-18-32(30-28-23)24-10-4-3-5-11-24/h3-6,8-11,16,18,20,25-27,29H,7,12-15,17,19H2,1-2H3/t26-,27-/m1/s1. The summed E-state index contributed by atoms with van der Waals surface area (Å²) in [5, 5.41) is 8.22. The van der Waals surface area contributed by atoms with Gasteiger partial charge in [-0.2, -0.15) is 0 Å². The first-order valence-corrected chi connectivity index (χ1v) is 14.4. The summed E-state index contributed by atoms with van der Waals surface area (Å²) < 4.78 is 35.9. The van der Waals surface area contributed by atoms with E-state index in [-0.39, 0.29) is 12.0 Å². The van der Waals surface area contributed by atoms with Gasteiger partial charge >= 0.3 is 0 Å². The summed E-state index contributed by atoms with van der Waals surface area (Å²) in [5.41, 5.74) is 3.67. The second-order valence-electron chi connectivity index (χ2n) is 10.2. The fourth-order valence-electron chi connectivity index (χ4n) is 4.82. The van der Waals surface area contributed by atoms with E-state index in [2.05, 4.69) is 26.0 Å². The molecule has 1 N–H and O–H groups in total. The average molecular weight is 510 g/mol. The van der Waals surface area contributed by atoms with E-state index in [0.717, 1.165) is 55.8 Å². The second kappa shape index (κ2) is 10.7. The smallest absolute Gasteiger partial charge is 0.235 e. The molecule has 8 nitrogen and oxygen atoms in total. The topological polar surface area (TPSA) is 89.4 Å². The molecule has 5 rings (SSSR count). The molecule has 2 aromatic carbocycles. The predicted molar refractivity (Wildman–Crippen MR) is 141 cm³/mol. The monoisotopic (exact) mass is 509 g/mol. The summed E-state index contributed by atoms with van der Waals surface area (Å²) in [7, 11) is -3.39. The van der Waals surface area contributed by atoms with Crippen molar-refractivity contribution in [3.8, 4) is 5.69 Å². The lowest BCUT2D eigenvalue weighted by Crippen LogP contribution is -2.46. The number of hydrogen-bond donors (Lipinski definition) is 1. The van der Waals surface area contributed by atoms with Crippen LogP contribution in [0.15, 0.2) is 60.8 Å². The van der Waals surface area contributed by atoms with Crippen LogP contribution >= 0.6 is 0 Å². The van der Waals surface area contributed by atoms with Gasteiger partial charge in [-0.1, -0.05) is 35.5 Å². The van der Waals surface area contributed by atoms with Gasteiger partial charge in [-0.05, 0) is 75.9 Å². The Morgan fingerprint density at radius 1 is 1.08 bits per heavy atom. The molecule has 0 amide bonds. The Hall–Kier alpha value is -2.75. The molecule has 0 spiro atoms. The minimum atomic E-state index is -3.39. The number of sulfonamides is 1. The second-order valence-corrected chi connectivity index (χ2v) is 12.4. The van der Waals surface area contributed by atoms with Crippen molar-refractivity contribution < 1.29 is 13.2 Å². The molecule has 0 radical (unpaired) electrons. The van der Waals surface area contributed by atoms with Crippen LogP contribution in [-0.2, 0) is 21.3 Å². The van der Waals surface area contributed by atoms with E-state index < -0.39 is 15.3 Å². The third kappa shape index (κ3) is 5.79. The molecular formula is C27H35N5O3S. The van der Waals surface area contributed by atoms with Crippen LogP contribution in [0.4, 0.5) is 5.69 Å². The van der Waals surface area contributed by atoms with Crippen molar-refractivity contribution in [3.63, 3.8) is 0 Å². The highest BCUT2D eigenvalue weighted by Gasteiger charge is 2.35. The van der Waals surface area contributed by atoms with Crippen LogP contribution in [-0.4, -0.2) is 58.9 Å². The van der Waals surface area contributed by atoms with Crippen LogP contribution in [0.1, 0.15) is 56.7 Å². The zero-order chi connectivity index (χ0) is 25.1. The number of hydrogen-bond acceptors (Lipinski definition) is 6. The highest BCUT2D eigenvalue weighted by molar-refractivity contribution is 7.93. The summed E-state index contributed by atoms with van der Waals surface area (Å²) in [4.78, 5) is 2.39. The van der Waals surface area contributed by atoms with E-state index in [1.165, 1.54) is 6.42 Å². The molecule has 192 valence electrons. The molecule has 1 saturated heterocycles. The molecule has 1 aromatic heterocycles. The predicted octanol–water partition coefficient (Wildman–Crippen LogP) is 4.34. The van der Waals surface area contributed by atoms with Crippen molar-refractivity contribution in [1.29, 1.82) is 0 Å². The summed E-state index contributed by atoms with van der Waals surface area (Å²) in [6.45, 7) is 5.81. The average Bonchev–Trinajstić information content (AvgIpc) is 3.30. The summed E-state index contributed by atoms with van der Waals surface area (Å²) in [5.74, 6) is 0.213. The van der Waals surface area contributed by atoms with E-state index in [9.17, 15) is 8.42 Å². The quantitative estimate of drug-likeness (QED) is 0.462. The molecule has 2 fully saturated rings. The highest BCUT2D eigenvalue weighted by Crippen LogP contribution is 2.35. The van der Waals surface area contributed by atoms with Gasteiger partial charge < -0.3 is 4.74 Å². The molecule has 0 bridgehead atoms. The normalized spacial score (nSPS) is 21.4. The number of para-hydroxylation sites is 1. The molecule has 9 heteroatoms. The number of rotatable bonds is 9. The lowest BCUT2D eigenvalue weighted by molar-refractivity contribution is -0.0887. The van der Waals surface area contributed by atoms with Crippen LogP contribution in [0.3, 0.4) is 0 Å². The first kappa shape index (κ1) is 24.9. The molecule has 1 aliphatic carbocycles. The van der Waals surface area contributed by atoms with E-state index in [1.54, 1.807) is 13.8 Å². The molecule has 36 heavy (non-hydrogen) atoms. The third-order valence-electron chi connectivity index (χ3n) is 7.21. The molecule has 3 aromatic rings. The number of ether oxygens (including phenoxy) is 1. The fraction of sp³-hybridized carbons (Fsp3) is 0.481. The van der Waals surface area contributed by atoms with Gasteiger partial charge in [0.2, 0.25) is 10.0 Å². The number of piperidine rings is 1. The van der Waals surface area contributed by atoms with Crippen molar-refractivity contribution in [2.45, 2.75) is 69.5 Å². The van der Waals surface area contributed by atoms with Crippen molar-refractivity contribution >= 4 is 15.7 Å². The summed E-state index contributed by atoms with van der Waals surface area (Å²) in [6.07, 6.45) is 6.74. The highest BCUT2D eigenvalue weighted by atomic mass is 32.2. The molecule has 1 saturated carbocycles. The van der Waals surface area contributed by atoms with Gasteiger partial charge in [0, 0.05) is 24.7 Å². The Kier molecular flexibility index (Phi) is 7.41. The first-order valence-electron chi connectivity index (χ1n) is 12.8. The van der Waals surface area contributed by atoms with Crippen molar-refractivity contribution in [2.75, 3.05) is 17.8 Å². The fourth-order valence-corrected chi connectivity index (χ4v) is 5.51. The van der Waals surface area contributed by atoms with Gasteiger partial charge in [-0.25, -0.2) is 13.1 Å². The SMILES string of the molecule is CC(C)S(=O)(=O)Nc1cccc([C@H]2CCN(Cc3cn(-c4ccccc4)nn3)C[C@H]2OC2CCC2)c1. The van der Waals surface area contributed by atoms with Gasteiger partial charge in [0.15, 0.2) is 0 Å². The Balaban J connectivity index is 1.30. The number of aromatic nitrogens is 3. The first-order chi connectivity index (χ1) is 17.4. The molecule has 1 aliphatic heterocycles. The van der Waals surface area contributed by atoms with Crippen LogP contribution in [0.2, 0.25) is 0 Å². The molecule has 2 heterocycles. The summed E-state index contributed by atoms with van der Waals surface area (Å²) in [6, 6.07) is 17.8. The minimum absolute atomic E-state index is 0.0465. The van der Waals surface area contributed by atoms with Crippen molar-refractivity contribution in [2.24, 2.45) is 0 Å². The minimum Gasteiger partial charge on any atom is -0.373 e. The number of benzene rings is 2. The zero-order valence-electron chi connectivity index (χ0n) is 21.0. The molecule has 2 aliphatic rings. The maximum absolute atomic E-state index is 12.4. The maximum Gasteiger partial charge on any atom is 0.235 e. The van der Waals surface area contributed by atoms with Crippen LogP contribution in [0, 0.1) is 0 Å². The Morgan fingerprint density at radius 2 is 1.89 bits per heavy atom. The molecule has 2 atom stereocenters. The summed E-state index contributed by atoms with van der Waals surface area (Å²) >= 11 is 0. The van der Waals surface area contributed by atoms with Gasteiger partial charge in [-0.3, -0.25) is 9.62 Å². The van der Waals surface area contributed by atoms with Gasteiger partial charge in [0.05, 0.1) is 35.0 Å². The van der Waals surface area contributed by atoms with E-state index >= 15 is 0 Å². The largest absolute Gasteiger partial charge is 0.373 e. The number of nitrogens with zero attached hydrogens (tertiary/aromatic N) is 4. The van der Waals surface area contributed by atoms with Gasteiger partial charge in [-0.15, -0.1) is 5.10 Å². The Bertz CT molecular complexity index is 1260. The van der Waals surface area contributed by atoms with Crippen LogP contribution in [0.25, 0.3) is 5.69 Å². The maximum atomic E-state index is 12.4. The van der Waals surface area contributed by atoms with E-state index in [1.807, 2.05) is 59.4 Å². The van der Waals surface area contributed by atoms with Crippen LogP contribution < -0.4 is 4.72 Å². The zero-order valence-corrected chi connectivity index (χ0v) is 21.8. The molecular weight excluding hydrogens is 474 g/mol. The Morgan fingerprint density at radius 3 is 2.61 bits per heavy atom. The molecule has 0 unspecified atom stereocenters. The lowest BCUT2D eigenvalue weighted by Gasteiger charge is -2.41. The van der Waals surface area contributed by atoms with Crippen LogP contribution in [0.5, 0.6) is 0 Å². The van der Waals surface area contributed by atoms with E-state index in [0.29, 0.717) is 11.8 Å². The van der Waals surface area contributed by atoms with Gasteiger partial charge in [0.1, 0.15) is 0 Å². The van der Waals surface area contributed by atoms with Crippen molar-refractivity contribution in [3.05, 3.63) is 72.1 Å². The number of anilines is 1. The number of likely N-dealkylation sites (tertiary alicyclic amines) is 1. The number of nitrogens with one attached hydrogen (secondary N) is 1. The van der Waals surface area contributed by atoms with Crippen molar-refractivity contribution in [1.82, 2.24) is 19.9 Å². The van der Waals surface area contributed by atoms with Gasteiger partial charge in [0.25, 0.3) is 0 Å². The third-order valence-corrected chi connectivity index (χ3v) is 8.97. The lowest BCUT2D eigenvalue weighted by atomic mass is 9.85. The Labute approximate surface area is 213 Å². The van der Waals surface area contributed by atoms with E-state index in [4.69, 9.17) is 4.74 Å².